The summed E-state index contributed by atoms with van der Waals surface area (Å²) in [4.78, 5) is 23.4. The van der Waals surface area contributed by atoms with Gasteiger partial charge in [0.1, 0.15) is 0 Å². The highest BCUT2D eigenvalue weighted by Crippen LogP contribution is 2.21. The number of carbonyl (C=O) groups excluding carboxylic acids is 2. The highest BCUT2D eigenvalue weighted by molar-refractivity contribution is 5.88. The van der Waals surface area contributed by atoms with Gasteiger partial charge in [0, 0.05) is 12.6 Å². The monoisotopic (exact) mass is 324 g/mol. The van der Waals surface area contributed by atoms with Crippen molar-refractivity contribution in [1.82, 2.24) is 5.32 Å². The number of amides is 2. The first-order valence-electron chi connectivity index (χ1n) is 8.16. The lowest BCUT2D eigenvalue weighted by Gasteiger charge is -2.23. The number of benzene rings is 2. The van der Waals surface area contributed by atoms with E-state index in [0.717, 1.165) is 16.8 Å². The molecule has 0 saturated carbocycles. The van der Waals surface area contributed by atoms with E-state index in [2.05, 4.69) is 24.5 Å². The minimum atomic E-state index is -0.108. The van der Waals surface area contributed by atoms with Crippen molar-refractivity contribution in [2.24, 2.45) is 5.92 Å². The summed E-state index contributed by atoms with van der Waals surface area (Å²) >= 11 is 0. The summed E-state index contributed by atoms with van der Waals surface area (Å²) in [5.41, 5.74) is 2.76. The van der Waals surface area contributed by atoms with Crippen LogP contribution in [0.1, 0.15) is 37.9 Å². The van der Waals surface area contributed by atoms with Crippen LogP contribution in [-0.2, 0) is 16.0 Å². The van der Waals surface area contributed by atoms with E-state index in [1.54, 1.807) is 12.1 Å². The van der Waals surface area contributed by atoms with Crippen molar-refractivity contribution in [3.8, 4) is 0 Å². The summed E-state index contributed by atoms with van der Waals surface area (Å²) in [6.45, 7) is 5.66. The Kier molecular flexibility index (Phi) is 6.13. The maximum atomic E-state index is 12.4. The average molecular weight is 324 g/mol. The number of carbonyl (C=O) groups is 2. The first-order chi connectivity index (χ1) is 11.5. The molecule has 2 amide bonds. The van der Waals surface area contributed by atoms with E-state index in [1.807, 2.05) is 42.5 Å². The summed E-state index contributed by atoms with van der Waals surface area (Å²) in [6.07, 6.45) is 0.316. The second kappa shape index (κ2) is 8.29. The Labute approximate surface area is 143 Å². The first-order valence-corrected chi connectivity index (χ1v) is 8.16. The minimum absolute atomic E-state index is 0.00245. The van der Waals surface area contributed by atoms with Gasteiger partial charge in [-0.15, -0.1) is 0 Å². The molecule has 0 bridgehead atoms. The zero-order valence-corrected chi connectivity index (χ0v) is 14.4. The van der Waals surface area contributed by atoms with Gasteiger partial charge in [-0.2, -0.15) is 0 Å². The molecule has 0 fully saturated rings. The summed E-state index contributed by atoms with van der Waals surface area (Å²) < 4.78 is 0. The van der Waals surface area contributed by atoms with Gasteiger partial charge in [-0.3, -0.25) is 9.59 Å². The van der Waals surface area contributed by atoms with Crippen LogP contribution in [0.2, 0.25) is 0 Å². The van der Waals surface area contributed by atoms with E-state index in [1.165, 1.54) is 6.92 Å². The Balaban J connectivity index is 1.99. The fraction of sp³-hybridized carbons (Fsp3) is 0.300. The first kappa shape index (κ1) is 17.7. The number of nitrogens with one attached hydrogen (secondary N) is 2. The summed E-state index contributed by atoms with van der Waals surface area (Å²) in [5.74, 6) is 0.187. The van der Waals surface area contributed by atoms with Crippen LogP contribution in [0.5, 0.6) is 0 Å². The van der Waals surface area contributed by atoms with E-state index in [-0.39, 0.29) is 17.9 Å². The van der Waals surface area contributed by atoms with E-state index >= 15 is 0 Å². The van der Waals surface area contributed by atoms with Gasteiger partial charge >= 0.3 is 0 Å². The molecule has 1 unspecified atom stereocenters. The van der Waals surface area contributed by atoms with E-state index < -0.39 is 0 Å². The third-order valence-corrected chi connectivity index (χ3v) is 3.78. The quantitative estimate of drug-likeness (QED) is 0.851. The molecule has 2 aromatic rings. The lowest BCUT2D eigenvalue weighted by molar-refractivity contribution is -0.121. The van der Waals surface area contributed by atoms with Crippen LogP contribution in [0.25, 0.3) is 0 Å². The van der Waals surface area contributed by atoms with Gasteiger partial charge in [0.25, 0.3) is 0 Å². The van der Waals surface area contributed by atoms with E-state index in [4.69, 9.17) is 0 Å². The molecule has 0 aliphatic carbocycles. The van der Waals surface area contributed by atoms with Crippen LogP contribution in [-0.4, -0.2) is 11.8 Å². The predicted octanol–water partition coefficient (Wildman–Crippen LogP) is 3.70. The molecule has 0 aliphatic heterocycles. The van der Waals surface area contributed by atoms with E-state index in [0.29, 0.717) is 12.3 Å². The van der Waals surface area contributed by atoms with Crippen LogP contribution in [0.15, 0.2) is 54.6 Å². The van der Waals surface area contributed by atoms with Gasteiger partial charge in [-0.05, 0) is 29.2 Å². The molecule has 2 N–H and O–H groups in total. The fourth-order valence-corrected chi connectivity index (χ4v) is 2.61. The molecule has 126 valence electrons. The lowest BCUT2D eigenvalue weighted by Crippen LogP contribution is -2.32. The molecule has 0 aromatic heterocycles. The number of hydrogen-bond acceptors (Lipinski definition) is 2. The maximum Gasteiger partial charge on any atom is 0.224 e. The van der Waals surface area contributed by atoms with Gasteiger partial charge in [0.05, 0.1) is 12.5 Å². The number of rotatable bonds is 6. The smallest absolute Gasteiger partial charge is 0.224 e. The summed E-state index contributed by atoms with van der Waals surface area (Å²) in [5, 5.41) is 5.83. The average Bonchev–Trinajstić information content (AvgIpc) is 2.54. The second-order valence-corrected chi connectivity index (χ2v) is 6.25. The highest BCUT2D eigenvalue weighted by atomic mass is 16.2. The molecule has 0 aliphatic rings. The Bertz CT molecular complexity index is 679. The molecule has 0 saturated heterocycles. The molecular weight excluding hydrogens is 300 g/mol. The Morgan fingerprint density at radius 2 is 1.58 bits per heavy atom. The molecule has 0 spiro atoms. The van der Waals surface area contributed by atoms with Crippen molar-refractivity contribution < 1.29 is 9.59 Å². The molecule has 2 aromatic carbocycles. The Hall–Kier alpha value is -2.62. The minimum Gasteiger partial charge on any atom is -0.349 e. The van der Waals surface area contributed by atoms with Crippen molar-refractivity contribution in [3.05, 3.63) is 65.7 Å². The van der Waals surface area contributed by atoms with Crippen molar-refractivity contribution in [1.29, 1.82) is 0 Å². The summed E-state index contributed by atoms with van der Waals surface area (Å²) in [7, 11) is 0. The van der Waals surface area contributed by atoms with Crippen molar-refractivity contribution >= 4 is 17.5 Å². The van der Waals surface area contributed by atoms with Crippen molar-refractivity contribution in [3.63, 3.8) is 0 Å². The standard InChI is InChI=1S/C20H24N2O2/c1-14(2)20(17-7-5-4-6-8-17)22-19(24)13-16-9-11-18(12-10-16)21-15(3)23/h4-12,14,20H,13H2,1-3H3,(H,21,23)(H,22,24). The fourth-order valence-electron chi connectivity index (χ4n) is 2.61. The van der Waals surface area contributed by atoms with Crippen molar-refractivity contribution in [2.75, 3.05) is 5.32 Å². The second-order valence-electron chi connectivity index (χ2n) is 6.25. The Morgan fingerprint density at radius 3 is 2.12 bits per heavy atom. The van der Waals surface area contributed by atoms with Crippen molar-refractivity contribution in [2.45, 2.75) is 33.2 Å². The molecule has 24 heavy (non-hydrogen) atoms. The molecule has 4 nitrogen and oxygen atoms in total. The molecule has 4 heteroatoms. The van der Waals surface area contributed by atoms with Crippen LogP contribution < -0.4 is 10.6 Å². The van der Waals surface area contributed by atoms with Crippen LogP contribution in [0.3, 0.4) is 0 Å². The maximum absolute atomic E-state index is 12.4. The molecule has 0 heterocycles. The van der Waals surface area contributed by atoms with Crippen LogP contribution in [0, 0.1) is 5.92 Å². The third-order valence-electron chi connectivity index (χ3n) is 3.78. The Morgan fingerprint density at radius 1 is 0.958 bits per heavy atom. The van der Waals surface area contributed by atoms with Crippen LogP contribution in [0.4, 0.5) is 5.69 Å². The van der Waals surface area contributed by atoms with E-state index in [9.17, 15) is 9.59 Å². The normalized spacial score (nSPS) is 11.8. The highest BCUT2D eigenvalue weighted by Gasteiger charge is 2.18. The predicted molar refractivity (Wildman–Crippen MR) is 96.6 cm³/mol. The van der Waals surface area contributed by atoms with Gasteiger partial charge in [0.2, 0.25) is 11.8 Å². The van der Waals surface area contributed by atoms with Crippen LogP contribution >= 0.6 is 0 Å². The largest absolute Gasteiger partial charge is 0.349 e. The topological polar surface area (TPSA) is 58.2 Å². The van der Waals surface area contributed by atoms with Gasteiger partial charge in [0.15, 0.2) is 0 Å². The lowest BCUT2D eigenvalue weighted by atomic mass is 9.95. The zero-order chi connectivity index (χ0) is 17.5. The molecule has 2 rings (SSSR count). The summed E-state index contributed by atoms with van der Waals surface area (Å²) in [6, 6.07) is 17.3. The molecule has 1 atom stereocenters. The molecular formula is C20H24N2O2. The third kappa shape index (κ3) is 5.23. The number of anilines is 1. The SMILES string of the molecule is CC(=O)Nc1ccc(CC(=O)NC(c2ccccc2)C(C)C)cc1. The van der Waals surface area contributed by atoms with Gasteiger partial charge in [-0.25, -0.2) is 0 Å². The number of hydrogen-bond donors (Lipinski definition) is 2. The zero-order valence-electron chi connectivity index (χ0n) is 14.4. The van der Waals surface area contributed by atoms with Gasteiger partial charge in [-0.1, -0.05) is 56.3 Å². The van der Waals surface area contributed by atoms with Gasteiger partial charge < -0.3 is 10.6 Å². The molecule has 0 radical (unpaired) electrons.